The summed E-state index contributed by atoms with van der Waals surface area (Å²) in [5, 5.41) is 23.1. The van der Waals surface area contributed by atoms with Crippen LogP contribution in [0, 0.1) is 0 Å². The number of likely N-dealkylation sites (N-methyl/N-ethyl adjacent to an activating group) is 1. The topological polar surface area (TPSA) is 186 Å². The van der Waals surface area contributed by atoms with Gasteiger partial charge in [0.2, 0.25) is 5.95 Å². The Morgan fingerprint density at radius 2 is 1.48 bits per heavy atom. The van der Waals surface area contributed by atoms with Gasteiger partial charge in [-0.05, 0) is 44.2 Å². The van der Waals surface area contributed by atoms with Crippen LogP contribution in [0.4, 0.5) is 17.6 Å². The molecule has 3 aliphatic heterocycles. The number of hydrogen-bond donors (Lipinski definition) is 4. The van der Waals surface area contributed by atoms with E-state index in [0.717, 1.165) is 52.8 Å². The Bertz CT molecular complexity index is 1990. The summed E-state index contributed by atoms with van der Waals surface area (Å²) in [7, 11) is 3.91. The number of nitrogens with one attached hydrogen (secondary N) is 1. The van der Waals surface area contributed by atoms with E-state index in [1.807, 2.05) is 60.7 Å². The third kappa shape index (κ3) is 11.2. The zero-order valence-electron chi connectivity index (χ0n) is 35.3. The maximum Gasteiger partial charge on any atom is 0.228 e. The van der Waals surface area contributed by atoms with Crippen molar-refractivity contribution in [1.82, 2.24) is 25.3 Å². The number of aromatic nitrogens is 4. The number of aliphatic hydroxyl groups is 2. The first-order valence-corrected chi connectivity index (χ1v) is 21.2. The molecule has 324 valence electrons. The van der Waals surface area contributed by atoms with E-state index in [2.05, 4.69) is 40.9 Å². The van der Waals surface area contributed by atoms with E-state index in [1.54, 1.807) is 7.05 Å². The van der Waals surface area contributed by atoms with Crippen molar-refractivity contribution in [3.05, 3.63) is 66.5 Å². The molecule has 0 bridgehead atoms. The highest BCUT2D eigenvalue weighted by Crippen LogP contribution is 2.33. The second-order valence-corrected chi connectivity index (χ2v) is 16.0. The van der Waals surface area contributed by atoms with Crippen LogP contribution in [0.25, 0.3) is 22.5 Å². The smallest absolute Gasteiger partial charge is 0.228 e. The van der Waals surface area contributed by atoms with E-state index in [0.29, 0.717) is 76.6 Å². The Labute approximate surface area is 353 Å². The summed E-state index contributed by atoms with van der Waals surface area (Å²) in [6.45, 7) is 10.2. The quantitative estimate of drug-likeness (QED) is 0.122. The third-order valence-corrected chi connectivity index (χ3v) is 11.1. The molecule has 0 saturated carbocycles. The Morgan fingerprint density at radius 1 is 0.817 bits per heavy atom. The van der Waals surface area contributed by atoms with Crippen LogP contribution in [0.15, 0.2) is 60.7 Å². The number of aliphatic hydroxyl groups excluding tert-OH is 2. The number of nitrogens with two attached hydrogens (primary N) is 1. The fraction of sp³-hybridized carbons (Fsp3) is 0.545. The largest absolute Gasteiger partial charge is 0.491 e. The highest BCUT2D eigenvalue weighted by atomic mass is 16.5. The van der Waals surface area contributed by atoms with Gasteiger partial charge in [0.25, 0.3) is 0 Å². The van der Waals surface area contributed by atoms with Gasteiger partial charge in [0.1, 0.15) is 60.5 Å². The maximum absolute atomic E-state index is 10.2. The summed E-state index contributed by atoms with van der Waals surface area (Å²) in [5.74, 6) is 4.52. The van der Waals surface area contributed by atoms with E-state index in [9.17, 15) is 10.2 Å². The van der Waals surface area contributed by atoms with Gasteiger partial charge in [0.15, 0.2) is 0 Å². The van der Waals surface area contributed by atoms with Crippen molar-refractivity contribution < 1.29 is 33.9 Å². The van der Waals surface area contributed by atoms with Crippen molar-refractivity contribution in [3.8, 4) is 34.0 Å². The summed E-state index contributed by atoms with van der Waals surface area (Å²) in [4.78, 5) is 26.9. The van der Waals surface area contributed by atoms with Crippen LogP contribution in [0.5, 0.6) is 11.5 Å². The van der Waals surface area contributed by atoms with Gasteiger partial charge < -0.3 is 59.6 Å². The molecule has 4 aromatic rings. The van der Waals surface area contributed by atoms with Crippen LogP contribution < -0.4 is 35.2 Å². The summed E-state index contributed by atoms with van der Waals surface area (Å²) >= 11 is 0. The van der Waals surface area contributed by atoms with E-state index in [4.69, 9.17) is 49.4 Å². The fourth-order valence-corrected chi connectivity index (χ4v) is 7.63. The van der Waals surface area contributed by atoms with Gasteiger partial charge in [-0.1, -0.05) is 38.1 Å². The molecule has 0 spiro atoms. The molecule has 60 heavy (non-hydrogen) atoms. The molecule has 16 nitrogen and oxygen atoms in total. The molecule has 0 aliphatic carbocycles. The van der Waals surface area contributed by atoms with Crippen molar-refractivity contribution in [2.75, 3.05) is 108 Å². The molecule has 2 aromatic carbocycles. The first kappa shape index (κ1) is 43.4. The predicted molar refractivity (Wildman–Crippen MR) is 231 cm³/mol. The number of nitrogens with zero attached hydrogens (tertiary/aromatic N) is 7. The molecule has 5 atom stereocenters. The Balaban J connectivity index is 1.08. The maximum atomic E-state index is 10.2. The van der Waals surface area contributed by atoms with Crippen molar-refractivity contribution in [2.45, 2.75) is 63.1 Å². The number of rotatable bonds is 17. The van der Waals surface area contributed by atoms with Gasteiger partial charge in [0, 0.05) is 88.1 Å². The molecular formula is C44H61N9O7. The minimum Gasteiger partial charge on any atom is -0.491 e. The average Bonchev–Trinajstić information content (AvgIpc) is 3.30. The van der Waals surface area contributed by atoms with Gasteiger partial charge in [-0.15, -0.1) is 0 Å². The normalized spacial score (nSPS) is 20.8. The first-order valence-electron chi connectivity index (χ1n) is 21.2. The first-order chi connectivity index (χ1) is 29.2. The van der Waals surface area contributed by atoms with Gasteiger partial charge in [-0.2, -0.15) is 4.98 Å². The lowest BCUT2D eigenvalue weighted by molar-refractivity contribution is -0.0994. The monoisotopic (exact) mass is 827 g/mol. The standard InChI is InChI=1S/C44H61N9O7/c1-29(2)43-47-37(30-7-5-10-36(19-30)60-28-34(55)25-46-3)22-41(49-43)51(4)32-11-15-57-39(21-32)40-26-53(14-18-58-40)42-23-38(48-44(50-42)52-12-16-56-17-13-52)31-8-6-9-35(20-31)59-27-33(54)24-45/h5-10,19-20,22-23,29,32-34,39-40,46,54-55H,11-18,21,24-28,45H2,1-4H3. The molecule has 0 radical (unpaired) electrons. The minimum atomic E-state index is -0.742. The molecule has 3 fully saturated rings. The van der Waals surface area contributed by atoms with E-state index in [1.165, 1.54) is 0 Å². The second-order valence-electron chi connectivity index (χ2n) is 16.0. The minimum absolute atomic E-state index is 0.108. The third-order valence-electron chi connectivity index (χ3n) is 11.1. The molecule has 0 amide bonds. The lowest BCUT2D eigenvalue weighted by atomic mass is 9.97. The van der Waals surface area contributed by atoms with Crippen molar-refractivity contribution in [2.24, 2.45) is 5.73 Å². The molecule has 3 aliphatic rings. The Morgan fingerprint density at radius 3 is 2.17 bits per heavy atom. The van der Waals surface area contributed by atoms with Crippen LogP contribution in [0.1, 0.15) is 38.4 Å². The number of morpholine rings is 2. The fourth-order valence-electron chi connectivity index (χ4n) is 7.63. The van der Waals surface area contributed by atoms with Crippen LogP contribution in [-0.4, -0.2) is 154 Å². The SMILES string of the molecule is CNCC(O)COc1cccc(-c2cc(N(C)C3CCOC(C4CN(c5cc(-c6cccc(OCC(O)CN)c6)nc(N6CCOCC6)n5)CCO4)C3)nc(C(C)C)n2)c1. The van der Waals surface area contributed by atoms with Crippen LogP contribution in [0.3, 0.4) is 0 Å². The van der Waals surface area contributed by atoms with Crippen LogP contribution in [-0.2, 0) is 14.2 Å². The van der Waals surface area contributed by atoms with Gasteiger partial charge in [-0.25, -0.2) is 15.0 Å². The van der Waals surface area contributed by atoms with Crippen LogP contribution in [0.2, 0.25) is 0 Å². The summed E-state index contributed by atoms with van der Waals surface area (Å²) < 4.78 is 30.4. The molecule has 2 aromatic heterocycles. The number of hydrogen-bond acceptors (Lipinski definition) is 16. The van der Waals surface area contributed by atoms with E-state index >= 15 is 0 Å². The number of benzene rings is 2. The molecule has 5 heterocycles. The van der Waals surface area contributed by atoms with Gasteiger partial charge in [-0.3, -0.25) is 0 Å². The van der Waals surface area contributed by atoms with Gasteiger partial charge in [0.05, 0.1) is 37.3 Å². The van der Waals surface area contributed by atoms with E-state index in [-0.39, 0.29) is 43.9 Å². The summed E-state index contributed by atoms with van der Waals surface area (Å²) in [6.07, 6.45) is -0.0399. The van der Waals surface area contributed by atoms with E-state index < -0.39 is 12.2 Å². The molecule has 5 unspecified atom stereocenters. The lowest BCUT2D eigenvalue weighted by Gasteiger charge is -2.42. The average molecular weight is 828 g/mol. The zero-order valence-corrected chi connectivity index (χ0v) is 35.3. The lowest BCUT2D eigenvalue weighted by Crippen LogP contribution is -2.52. The number of anilines is 3. The van der Waals surface area contributed by atoms with Gasteiger partial charge >= 0.3 is 0 Å². The molecular weight excluding hydrogens is 767 g/mol. The van der Waals surface area contributed by atoms with Crippen molar-refractivity contribution >= 4 is 17.6 Å². The molecule has 16 heteroatoms. The highest BCUT2D eigenvalue weighted by molar-refractivity contribution is 5.67. The summed E-state index contributed by atoms with van der Waals surface area (Å²) in [5.41, 5.74) is 8.99. The Kier molecular flexibility index (Phi) is 15.0. The zero-order chi connectivity index (χ0) is 42.0. The number of ether oxygens (including phenoxy) is 5. The van der Waals surface area contributed by atoms with Crippen molar-refractivity contribution in [3.63, 3.8) is 0 Å². The Hall–Kier alpha value is -4.68. The predicted octanol–water partition coefficient (Wildman–Crippen LogP) is 3.11. The molecule has 3 saturated heterocycles. The molecule has 7 rings (SSSR count). The second kappa shape index (κ2) is 20.7. The summed E-state index contributed by atoms with van der Waals surface area (Å²) in [6, 6.07) is 19.8. The highest BCUT2D eigenvalue weighted by Gasteiger charge is 2.36. The molecule has 5 N–H and O–H groups in total. The van der Waals surface area contributed by atoms with Crippen LogP contribution >= 0.6 is 0 Å². The van der Waals surface area contributed by atoms with Crippen molar-refractivity contribution in [1.29, 1.82) is 0 Å².